The molecule has 3 rings (SSSR count). The third kappa shape index (κ3) is 4.81. The first-order valence-corrected chi connectivity index (χ1v) is 9.20. The highest BCUT2D eigenvalue weighted by molar-refractivity contribution is 5.74. The lowest BCUT2D eigenvalue weighted by atomic mass is 9.89. The molecule has 0 aliphatic carbocycles. The second kappa shape index (κ2) is 8.31. The SMILES string of the molecule is CC(COC1CCOC1)NC(=O)N1CCC(C2CCCN2)CC1. The van der Waals surface area contributed by atoms with E-state index in [0.29, 0.717) is 19.3 Å². The first-order valence-electron chi connectivity index (χ1n) is 9.20. The van der Waals surface area contributed by atoms with Gasteiger partial charge in [0.05, 0.1) is 25.4 Å². The predicted molar refractivity (Wildman–Crippen MR) is 88.5 cm³/mol. The molecule has 3 heterocycles. The number of rotatable bonds is 5. The van der Waals surface area contributed by atoms with Crippen LogP contribution in [0.5, 0.6) is 0 Å². The standard InChI is InChI=1S/C17H31N3O3/c1-13(11-23-15-6-10-22-12-15)19-17(21)20-8-4-14(5-9-20)16-3-2-7-18-16/h13-16,18H,2-12H2,1H3,(H,19,21). The van der Waals surface area contributed by atoms with E-state index in [1.165, 1.54) is 12.8 Å². The van der Waals surface area contributed by atoms with E-state index in [2.05, 4.69) is 10.6 Å². The van der Waals surface area contributed by atoms with Crippen LogP contribution in [0.4, 0.5) is 4.79 Å². The number of likely N-dealkylation sites (tertiary alicyclic amines) is 1. The fraction of sp³-hybridized carbons (Fsp3) is 0.941. The van der Waals surface area contributed by atoms with Crippen LogP contribution in [-0.2, 0) is 9.47 Å². The van der Waals surface area contributed by atoms with Crippen LogP contribution in [0, 0.1) is 5.92 Å². The Kier molecular flexibility index (Phi) is 6.14. The summed E-state index contributed by atoms with van der Waals surface area (Å²) in [5.74, 6) is 0.740. The number of carbonyl (C=O) groups is 1. The molecule has 6 nitrogen and oxygen atoms in total. The predicted octanol–water partition coefficient (Wildman–Crippen LogP) is 1.35. The Morgan fingerprint density at radius 1 is 1.35 bits per heavy atom. The van der Waals surface area contributed by atoms with E-state index in [4.69, 9.17) is 9.47 Å². The number of amides is 2. The normalized spacial score (nSPS) is 30.6. The highest BCUT2D eigenvalue weighted by Gasteiger charge is 2.30. The van der Waals surface area contributed by atoms with Gasteiger partial charge in [0.2, 0.25) is 0 Å². The Hall–Kier alpha value is -0.850. The van der Waals surface area contributed by atoms with Crippen molar-refractivity contribution in [3.63, 3.8) is 0 Å². The van der Waals surface area contributed by atoms with E-state index in [-0.39, 0.29) is 18.2 Å². The quantitative estimate of drug-likeness (QED) is 0.801. The Morgan fingerprint density at radius 2 is 2.17 bits per heavy atom. The number of piperidine rings is 1. The van der Waals surface area contributed by atoms with Crippen LogP contribution < -0.4 is 10.6 Å². The summed E-state index contributed by atoms with van der Waals surface area (Å²) >= 11 is 0. The molecule has 3 saturated heterocycles. The van der Waals surface area contributed by atoms with Gasteiger partial charge in [-0.15, -0.1) is 0 Å². The number of hydrogen-bond acceptors (Lipinski definition) is 4. The molecular weight excluding hydrogens is 294 g/mol. The smallest absolute Gasteiger partial charge is 0.317 e. The largest absolute Gasteiger partial charge is 0.379 e. The van der Waals surface area contributed by atoms with Gasteiger partial charge in [0, 0.05) is 25.7 Å². The minimum atomic E-state index is 0.0392. The summed E-state index contributed by atoms with van der Waals surface area (Å²) in [7, 11) is 0. The molecule has 6 heteroatoms. The van der Waals surface area contributed by atoms with Crippen molar-refractivity contribution in [3.05, 3.63) is 0 Å². The minimum Gasteiger partial charge on any atom is -0.379 e. The van der Waals surface area contributed by atoms with E-state index in [9.17, 15) is 4.79 Å². The molecule has 2 amide bonds. The van der Waals surface area contributed by atoms with E-state index >= 15 is 0 Å². The molecule has 3 aliphatic heterocycles. The molecule has 0 aromatic heterocycles. The van der Waals surface area contributed by atoms with Crippen LogP contribution in [0.1, 0.15) is 39.0 Å². The summed E-state index contributed by atoms with van der Waals surface area (Å²) in [6, 6.07) is 0.778. The molecule has 0 aromatic rings. The van der Waals surface area contributed by atoms with Gasteiger partial charge in [-0.05, 0) is 51.5 Å². The van der Waals surface area contributed by atoms with Crippen molar-refractivity contribution in [2.45, 2.75) is 57.2 Å². The number of hydrogen-bond donors (Lipinski definition) is 2. The van der Waals surface area contributed by atoms with Crippen LogP contribution in [-0.4, -0.2) is 68.6 Å². The molecule has 3 aliphatic rings. The summed E-state index contributed by atoms with van der Waals surface area (Å²) in [4.78, 5) is 14.3. The Balaban J connectivity index is 1.33. The van der Waals surface area contributed by atoms with Crippen molar-refractivity contribution in [3.8, 4) is 0 Å². The fourth-order valence-electron chi connectivity index (χ4n) is 3.89. The molecule has 0 saturated carbocycles. The van der Waals surface area contributed by atoms with Gasteiger partial charge in [-0.1, -0.05) is 0 Å². The number of urea groups is 1. The van der Waals surface area contributed by atoms with Crippen LogP contribution in [0.2, 0.25) is 0 Å². The van der Waals surface area contributed by atoms with Gasteiger partial charge in [-0.3, -0.25) is 0 Å². The van der Waals surface area contributed by atoms with Crippen molar-refractivity contribution in [2.24, 2.45) is 5.92 Å². The van der Waals surface area contributed by atoms with Gasteiger partial charge in [-0.2, -0.15) is 0 Å². The zero-order valence-electron chi connectivity index (χ0n) is 14.3. The molecule has 0 bridgehead atoms. The summed E-state index contributed by atoms with van der Waals surface area (Å²) in [5.41, 5.74) is 0. The first-order chi connectivity index (χ1) is 11.2. The van der Waals surface area contributed by atoms with Crippen molar-refractivity contribution < 1.29 is 14.3 Å². The lowest BCUT2D eigenvalue weighted by molar-refractivity contribution is 0.0327. The van der Waals surface area contributed by atoms with Gasteiger partial charge in [0.15, 0.2) is 0 Å². The highest BCUT2D eigenvalue weighted by Crippen LogP contribution is 2.25. The molecule has 0 aromatic carbocycles. The second-order valence-electron chi connectivity index (χ2n) is 7.20. The fourth-order valence-corrected chi connectivity index (χ4v) is 3.89. The van der Waals surface area contributed by atoms with Crippen LogP contribution >= 0.6 is 0 Å². The molecule has 3 atom stereocenters. The Labute approximate surface area is 139 Å². The monoisotopic (exact) mass is 325 g/mol. The molecule has 3 fully saturated rings. The lowest BCUT2D eigenvalue weighted by Gasteiger charge is -2.35. The maximum absolute atomic E-state index is 12.4. The lowest BCUT2D eigenvalue weighted by Crippen LogP contribution is -2.50. The third-order valence-corrected chi connectivity index (χ3v) is 5.33. The van der Waals surface area contributed by atoms with E-state index < -0.39 is 0 Å². The van der Waals surface area contributed by atoms with Gasteiger partial charge in [0.25, 0.3) is 0 Å². The zero-order chi connectivity index (χ0) is 16.1. The molecule has 132 valence electrons. The molecule has 23 heavy (non-hydrogen) atoms. The highest BCUT2D eigenvalue weighted by atomic mass is 16.5. The summed E-state index contributed by atoms with van der Waals surface area (Å²) < 4.78 is 11.1. The van der Waals surface area contributed by atoms with E-state index in [1.54, 1.807) is 0 Å². The molecule has 2 N–H and O–H groups in total. The zero-order valence-corrected chi connectivity index (χ0v) is 14.3. The number of nitrogens with zero attached hydrogens (tertiary/aromatic N) is 1. The first kappa shape index (κ1) is 17.0. The average Bonchev–Trinajstić information content (AvgIpc) is 3.26. The van der Waals surface area contributed by atoms with Crippen LogP contribution in [0.3, 0.4) is 0 Å². The minimum absolute atomic E-state index is 0.0392. The summed E-state index contributed by atoms with van der Waals surface area (Å²) in [6.45, 7) is 6.94. The van der Waals surface area contributed by atoms with Crippen molar-refractivity contribution >= 4 is 6.03 Å². The number of carbonyl (C=O) groups excluding carboxylic acids is 1. The van der Waals surface area contributed by atoms with Crippen molar-refractivity contribution in [1.82, 2.24) is 15.5 Å². The summed E-state index contributed by atoms with van der Waals surface area (Å²) in [6.07, 6.45) is 6.00. The van der Waals surface area contributed by atoms with Gasteiger partial charge in [0.1, 0.15) is 0 Å². The molecular formula is C17H31N3O3. The molecule has 3 unspecified atom stereocenters. The van der Waals surface area contributed by atoms with Gasteiger partial charge in [-0.25, -0.2) is 4.79 Å². The maximum atomic E-state index is 12.4. The number of ether oxygens (including phenoxy) is 2. The maximum Gasteiger partial charge on any atom is 0.317 e. The van der Waals surface area contributed by atoms with Crippen LogP contribution in [0.25, 0.3) is 0 Å². The third-order valence-electron chi connectivity index (χ3n) is 5.33. The van der Waals surface area contributed by atoms with E-state index in [1.807, 2.05) is 11.8 Å². The number of nitrogens with one attached hydrogen (secondary N) is 2. The van der Waals surface area contributed by atoms with Gasteiger partial charge >= 0.3 is 6.03 Å². The van der Waals surface area contributed by atoms with Crippen molar-refractivity contribution in [2.75, 3.05) is 39.5 Å². The van der Waals surface area contributed by atoms with Crippen molar-refractivity contribution in [1.29, 1.82) is 0 Å². The molecule has 0 radical (unpaired) electrons. The topological polar surface area (TPSA) is 62.8 Å². The molecule has 0 spiro atoms. The Morgan fingerprint density at radius 3 is 2.83 bits per heavy atom. The van der Waals surface area contributed by atoms with E-state index in [0.717, 1.165) is 51.4 Å². The van der Waals surface area contributed by atoms with Crippen LogP contribution in [0.15, 0.2) is 0 Å². The summed E-state index contributed by atoms with van der Waals surface area (Å²) in [5, 5.41) is 6.66. The second-order valence-corrected chi connectivity index (χ2v) is 7.20. The Bertz CT molecular complexity index is 373. The average molecular weight is 325 g/mol. The van der Waals surface area contributed by atoms with Gasteiger partial charge < -0.3 is 25.0 Å².